The average Bonchev–Trinajstić information content (AvgIpc) is 3.04. The Balaban J connectivity index is 1.65. The maximum atomic E-state index is 12.5. The molecule has 146 valence electrons. The molecule has 1 amide bonds. The minimum absolute atomic E-state index is 0.252. The zero-order valence-electron chi connectivity index (χ0n) is 15.1. The van der Waals surface area contributed by atoms with E-state index in [1.807, 2.05) is 30.7 Å². The van der Waals surface area contributed by atoms with Gasteiger partial charge in [0.25, 0.3) is 5.91 Å². The molecule has 0 spiro atoms. The van der Waals surface area contributed by atoms with E-state index in [0.29, 0.717) is 21.4 Å². The number of halogens is 3. The van der Waals surface area contributed by atoms with Crippen LogP contribution in [0.15, 0.2) is 52.1 Å². The van der Waals surface area contributed by atoms with E-state index in [0.717, 1.165) is 15.4 Å². The highest BCUT2D eigenvalue weighted by Gasteiger charge is 2.19. The lowest BCUT2D eigenvalue weighted by atomic mass is 10.2. The van der Waals surface area contributed by atoms with Crippen LogP contribution in [-0.2, 0) is 12.8 Å². The van der Waals surface area contributed by atoms with Crippen molar-refractivity contribution >= 4 is 56.8 Å². The molecule has 1 N–H and O–H groups in total. The Kier molecular flexibility index (Phi) is 7.04. The maximum absolute atomic E-state index is 12.5. The fourth-order valence-electron chi connectivity index (χ4n) is 2.54. The van der Waals surface area contributed by atoms with Gasteiger partial charge in [0.2, 0.25) is 0 Å². The Bertz CT molecular complexity index is 994. The van der Waals surface area contributed by atoms with Gasteiger partial charge in [-0.25, -0.2) is 0 Å². The summed E-state index contributed by atoms with van der Waals surface area (Å²) in [6.45, 7) is 1.86. The highest BCUT2D eigenvalue weighted by molar-refractivity contribution is 9.10. The summed E-state index contributed by atoms with van der Waals surface area (Å²) in [7, 11) is 1.89. The number of nitrogens with zero attached hydrogens (tertiary/aromatic N) is 3. The second-order valence-electron chi connectivity index (χ2n) is 6.14. The first-order valence-electron chi connectivity index (χ1n) is 8.37. The molecule has 0 aliphatic heterocycles. The normalized spacial score (nSPS) is 12.0. The molecule has 0 saturated carbocycles. The molecular formula is C19H17BrCl2N4OS. The van der Waals surface area contributed by atoms with Crippen LogP contribution in [0.25, 0.3) is 0 Å². The second kappa shape index (κ2) is 9.31. The standard InChI is InChI=1S/C19H17BrCl2N4OS/c1-11(23-18(27)13-5-8-15(21)16(22)9-13)17-24-25-19(26(17)2)28-10-12-3-6-14(20)7-4-12/h3-9,11H,10H2,1-2H3,(H,23,27)/t11-/m0/s1. The molecule has 0 unspecified atom stereocenters. The van der Waals surface area contributed by atoms with Crippen LogP contribution in [0.1, 0.15) is 34.7 Å². The van der Waals surface area contributed by atoms with Crippen molar-refractivity contribution in [1.29, 1.82) is 0 Å². The minimum atomic E-state index is -0.318. The second-order valence-corrected chi connectivity index (χ2v) is 8.81. The molecule has 1 aromatic heterocycles. The van der Waals surface area contributed by atoms with Crippen molar-refractivity contribution in [2.45, 2.75) is 23.9 Å². The lowest BCUT2D eigenvalue weighted by Crippen LogP contribution is -2.28. The van der Waals surface area contributed by atoms with Crippen LogP contribution < -0.4 is 5.32 Å². The smallest absolute Gasteiger partial charge is 0.251 e. The van der Waals surface area contributed by atoms with E-state index in [4.69, 9.17) is 23.2 Å². The van der Waals surface area contributed by atoms with Crippen molar-refractivity contribution in [3.8, 4) is 0 Å². The number of aromatic nitrogens is 3. The van der Waals surface area contributed by atoms with E-state index in [9.17, 15) is 4.79 Å². The number of thioether (sulfide) groups is 1. The lowest BCUT2D eigenvalue weighted by molar-refractivity contribution is 0.0937. The molecule has 9 heteroatoms. The summed E-state index contributed by atoms with van der Waals surface area (Å²) in [6.07, 6.45) is 0. The number of carbonyl (C=O) groups is 1. The van der Waals surface area contributed by atoms with E-state index in [1.54, 1.807) is 30.0 Å². The third kappa shape index (κ3) is 5.08. The van der Waals surface area contributed by atoms with Gasteiger partial charge in [0.15, 0.2) is 11.0 Å². The molecule has 1 heterocycles. The molecule has 5 nitrogen and oxygen atoms in total. The summed E-state index contributed by atoms with van der Waals surface area (Å²) in [6, 6.07) is 12.6. The summed E-state index contributed by atoms with van der Waals surface area (Å²) in [5.74, 6) is 1.20. The lowest BCUT2D eigenvalue weighted by Gasteiger charge is -2.14. The van der Waals surface area contributed by atoms with Gasteiger partial charge in [-0.2, -0.15) is 0 Å². The van der Waals surface area contributed by atoms with Crippen LogP contribution in [-0.4, -0.2) is 20.7 Å². The molecule has 3 rings (SSSR count). The van der Waals surface area contributed by atoms with Crippen molar-refractivity contribution in [3.63, 3.8) is 0 Å². The predicted molar refractivity (Wildman–Crippen MR) is 117 cm³/mol. The quantitative estimate of drug-likeness (QED) is 0.444. The fourth-order valence-corrected chi connectivity index (χ4v) is 3.98. The van der Waals surface area contributed by atoms with Crippen molar-refractivity contribution < 1.29 is 4.79 Å². The third-order valence-corrected chi connectivity index (χ3v) is 6.43. The number of carbonyl (C=O) groups excluding carboxylic acids is 1. The Morgan fingerprint density at radius 2 is 1.89 bits per heavy atom. The van der Waals surface area contributed by atoms with Gasteiger partial charge in [-0.05, 0) is 42.8 Å². The predicted octanol–water partition coefficient (Wildman–Crippen LogP) is 5.67. The molecule has 1 atom stereocenters. The molecule has 0 fully saturated rings. The average molecular weight is 500 g/mol. The van der Waals surface area contributed by atoms with Gasteiger partial charge < -0.3 is 9.88 Å². The van der Waals surface area contributed by atoms with Gasteiger partial charge in [0.1, 0.15) is 0 Å². The molecule has 28 heavy (non-hydrogen) atoms. The molecule has 0 aliphatic carbocycles. The summed E-state index contributed by atoms with van der Waals surface area (Å²) < 4.78 is 2.94. The molecule has 3 aromatic rings. The van der Waals surface area contributed by atoms with Crippen LogP contribution in [0.4, 0.5) is 0 Å². The summed E-state index contributed by atoms with van der Waals surface area (Å²) in [5, 5.41) is 12.9. The topological polar surface area (TPSA) is 59.8 Å². The molecule has 2 aromatic carbocycles. The minimum Gasteiger partial charge on any atom is -0.342 e. The van der Waals surface area contributed by atoms with Gasteiger partial charge in [-0.15, -0.1) is 10.2 Å². The summed E-state index contributed by atoms with van der Waals surface area (Å²) in [5.41, 5.74) is 1.63. The SMILES string of the molecule is C[C@H](NC(=O)c1ccc(Cl)c(Cl)c1)c1nnc(SCc2ccc(Br)cc2)n1C. The molecule has 0 aliphatic rings. The zero-order valence-corrected chi connectivity index (χ0v) is 19.0. The summed E-state index contributed by atoms with van der Waals surface area (Å²) >= 11 is 16.9. The van der Waals surface area contributed by atoms with Crippen LogP contribution in [0, 0.1) is 0 Å². The number of rotatable bonds is 6. The van der Waals surface area contributed by atoms with Crippen molar-refractivity contribution in [1.82, 2.24) is 20.1 Å². The maximum Gasteiger partial charge on any atom is 0.251 e. The van der Waals surface area contributed by atoms with E-state index < -0.39 is 0 Å². The van der Waals surface area contributed by atoms with Gasteiger partial charge in [-0.3, -0.25) is 4.79 Å². The highest BCUT2D eigenvalue weighted by atomic mass is 79.9. The Morgan fingerprint density at radius 3 is 2.57 bits per heavy atom. The van der Waals surface area contributed by atoms with Crippen LogP contribution in [0.3, 0.4) is 0 Å². The molecule has 0 bridgehead atoms. The van der Waals surface area contributed by atoms with Crippen molar-refractivity contribution in [2.75, 3.05) is 0 Å². The number of hydrogen-bond donors (Lipinski definition) is 1. The van der Waals surface area contributed by atoms with E-state index in [-0.39, 0.29) is 11.9 Å². The monoisotopic (exact) mass is 498 g/mol. The zero-order chi connectivity index (χ0) is 20.3. The Hall–Kier alpha value is -1.54. The highest BCUT2D eigenvalue weighted by Crippen LogP contribution is 2.25. The third-order valence-electron chi connectivity index (χ3n) is 4.07. The molecule has 0 saturated heterocycles. The number of amides is 1. The molecule has 0 radical (unpaired) electrons. The van der Waals surface area contributed by atoms with Crippen LogP contribution >= 0.6 is 50.9 Å². The first-order valence-corrected chi connectivity index (χ1v) is 10.9. The van der Waals surface area contributed by atoms with E-state index in [2.05, 4.69) is 43.6 Å². The van der Waals surface area contributed by atoms with Gasteiger partial charge >= 0.3 is 0 Å². The van der Waals surface area contributed by atoms with Crippen LogP contribution in [0.2, 0.25) is 10.0 Å². The van der Waals surface area contributed by atoms with Gasteiger partial charge in [0, 0.05) is 22.8 Å². The van der Waals surface area contributed by atoms with Gasteiger partial charge in [0.05, 0.1) is 16.1 Å². The first kappa shape index (κ1) is 21.2. The van der Waals surface area contributed by atoms with Gasteiger partial charge in [-0.1, -0.05) is 63.0 Å². The number of benzene rings is 2. The number of hydrogen-bond acceptors (Lipinski definition) is 4. The first-order chi connectivity index (χ1) is 13.3. The summed E-state index contributed by atoms with van der Waals surface area (Å²) in [4.78, 5) is 12.5. The van der Waals surface area contributed by atoms with E-state index in [1.165, 1.54) is 5.56 Å². The largest absolute Gasteiger partial charge is 0.342 e. The number of nitrogens with one attached hydrogen (secondary N) is 1. The Labute approximate surface area is 186 Å². The van der Waals surface area contributed by atoms with Crippen molar-refractivity contribution in [2.24, 2.45) is 7.05 Å². The van der Waals surface area contributed by atoms with E-state index >= 15 is 0 Å². The van der Waals surface area contributed by atoms with Crippen LogP contribution in [0.5, 0.6) is 0 Å². The molecular weight excluding hydrogens is 483 g/mol. The fraction of sp³-hybridized carbons (Fsp3) is 0.211. The van der Waals surface area contributed by atoms with Crippen molar-refractivity contribution in [3.05, 3.63) is 73.9 Å². The Morgan fingerprint density at radius 1 is 1.18 bits per heavy atom.